The molecule has 3 rings (SSSR count). The molecule has 1 heterocycles. The zero-order valence-electron chi connectivity index (χ0n) is 12.5. The molecule has 0 bridgehead atoms. The van der Waals surface area contributed by atoms with E-state index in [2.05, 4.69) is 4.98 Å². The second kappa shape index (κ2) is 5.63. The van der Waals surface area contributed by atoms with Crippen LogP contribution >= 0.6 is 11.6 Å². The molecule has 2 aromatic carbocycles. The number of hydrogen-bond donors (Lipinski definition) is 1. The minimum absolute atomic E-state index is 0.00798. The molecule has 1 aromatic heterocycles. The van der Waals surface area contributed by atoms with E-state index in [0.29, 0.717) is 10.7 Å². The predicted octanol–water partition coefficient (Wildman–Crippen LogP) is 3.88. The quantitative estimate of drug-likeness (QED) is 0.777. The van der Waals surface area contributed by atoms with Crippen LogP contribution < -0.4 is 0 Å². The number of nitrogens with zero attached hydrogens (tertiary/aromatic N) is 1. The van der Waals surface area contributed by atoms with Crippen molar-refractivity contribution in [2.24, 2.45) is 0 Å². The van der Waals surface area contributed by atoms with Crippen molar-refractivity contribution >= 4 is 32.5 Å². The summed E-state index contributed by atoms with van der Waals surface area (Å²) in [5.74, 6) is -0.545. The lowest BCUT2D eigenvalue weighted by atomic mass is 10.1. The van der Waals surface area contributed by atoms with Gasteiger partial charge in [-0.25, -0.2) is 17.1 Å². The molecule has 0 amide bonds. The molecule has 0 aliphatic heterocycles. The lowest BCUT2D eigenvalue weighted by molar-refractivity contribution is 0.520. The summed E-state index contributed by atoms with van der Waals surface area (Å²) in [4.78, 5) is 3.06. The van der Waals surface area contributed by atoms with Gasteiger partial charge in [-0.05, 0) is 24.3 Å². The maximum Gasteiger partial charge on any atom is 0.242 e. The van der Waals surface area contributed by atoms with Gasteiger partial charge < -0.3 is 4.98 Å². The fraction of sp³-hybridized carbons (Fsp3) is 0.125. The molecule has 7 heteroatoms. The Morgan fingerprint density at radius 1 is 1.13 bits per heavy atom. The van der Waals surface area contributed by atoms with E-state index in [0.717, 1.165) is 21.3 Å². The van der Waals surface area contributed by atoms with Crippen LogP contribution in [0.5, 0.6) is 0 Å². The molecular weight excluding hydrogens is 339 g/mol. The van der Waals surface area contributed by atoms with Crippen LogP contribution in [-0.2, 0) is 10.0 Å². The average molecular weight is 353 g/mol. The van der Waals surface area contributed by atoms with Crippen LogP contribution in [0, 0.1) is 5.82 Å². The number of H-pyrrole nitrogens is 1. The van der Waals surface area contributed by atoms with Crippen LogP contribution in [0.1, 0.15) is 0 Å². The van der Waals surface area contributed by atoms with Gasteiger partial charge in [-0.1, -0.05) is 29.8 Å². The van der Waals surface area contributed by atoms with Gasteiger partial charge in [-0.2, -0.15) is 0 Å². The summed E-state index contributed by atoms with van der Waals surface area (Å²) in [7, 11) is -0.808. The van der Waals surface area contributed by atoms with Gasteiger partial charge in [-0.15, -0.1) is 0 Å². The van der Waals surface area contributed by atoms with E-state index in [1.54, 1.807) is 0 Å². The molecule has 23 heavy (non-hydrogen) atoms. The van der Waals surface area contributed by atoms with Gasteiger partial charge in [0.05, 0.1) is 15.6 Å². The first-order chi connectivity index (χ1) is 10.8. The highest BCUT2D eigenvalue weighted by Gasteiger charge is 2.21. The van der Waals surface area contributed by atoms with Crippen LogP contribution in [-0.4, -0.2) is 31.8 Å². The number of halogens is 2. The lowest BCUT2D eigenvalue weighted by Gasteiger charge is -2.12. The second-order valence-electron chi connectivity index (χ2n) is 5.29. The Hall–Kier alpha value is -1.89. The van der Waals surface area contributed by atoms with E-state index in [4.69, 9.17) is 11.6 Å². The highest BCUT2D eigenvalue weighted by atomic mass is 35.5. The molecule has 0 aliphatic carbocycles. The molecule has 0 saturated heterocycles. The predicted molar refractivity (Wildman–Crippen MR) is 89.6 cm³/mol. The highest BCUT2D eigenvalue weighted by Crippen LogP contribution is 2.36. The number of aromatic nitrogens is 1. The number of nitrogens with one attached hydrogen (secondary N) is 1. The summed E-state index contributed by atoms with van der Waals surface area (Å²) in [6.07, 6.45) is 0. The summed E-state index contributed by atoms with van der Waals surface area (Å²) in [6, 6.07) is 11.0. The first-order valence-corrected chi connectivity index (χ1v) is 8.63. The van der Waals surface area contributed by atoms with Crippen LogP contribution in [0.4, 0.5) is 4.39 Å². The number of aromatic amines is 1. The van der Waals surface area contributed by atoms with E-state index >= 15 is 0 Å². The van der Waals surface area contributed by atoms with Gasteiger partial charge in [-0.3, -0.25) is 0 Å². The molecule has 0 atom stereocenters. The Morgan fingerprint density at radius 2 is 1.83 bits per heavy atom. The minimum Gasteiger partial charge on any atom is -0.353 e. The number of hydrogen-bond acceptors (Lipinski definition) is 2. The maximum absolute atomic E-state index is 14.3. The maximum atomic E-state index is 14.3. The van der Waals surface area contributed by atoms with Crippen LogP contribution in [0.15, 0.2) is 47.4 Å². The van der Waals surface area contributed by atoms with Gasteiger partial charge in [0, 0.05) is 30.6 Å². The van der Waals surface area contributed by atoms with Crippen LogP contribution in [0.3, 0.4) is 0 Å². The zero-order chi connectivity index (χ0) is 16.8. The molecule has 3 aromatic rings. The van der Waals surface area contributed by atoms with Gasteiger partial charge >= 0.3 is 0 Å². The highest BCUT2D eigenvalue weighted by molar-refractivity contribution is 7.89. The lowest BCUT2D eigenvalue weighted by Crippen LogP contribution is -2.22. The molecule has 4 nitrogen and oxygen atoms in total. The number of sulfonamides is 1. The Kier molecular flexibility index (Phi) is 3.91. The van der Waals surface area contributed by atoms with Gasteiger partial charge in [0.25, 0.3) is 0 Å². The van der Waals surface area contributed by atoms with Crippen molar-refractivity contribution in [3.63, 3.8) is 0 Å². The largest absolute Gasteiger partial charge is 0.353 e. The third-order valence-electron chi connectivity index (χ3n) is 3.63. The summed E-state index contributed by atoms with van der Waals surface area (Å²) < 4.78 is 39.8. The van der Waals surface area contributed by atoms with Crippen molar-refractivity contribution in [1.82, 2.24) is 9.29 Å². The van der Waals surface area contributed by atoms with Crippen molar-refractivity contribution in [2.45, 2.75) is 4.90 Å². The SMILES string of the molecule is CN(C)S(=O)(=O)c1ccc(F)c(-c2[nH]c3ccccc3c2Cl)c1. The fourth-order valence-corrected chi connectivity index (χ4v) is 3.60. The Bertz CT molecular complexity index is 996. The van der Waals surface area contributed by atoms with E-state index in [1.807, 2.05) is 24.3 Å². The van der Waals surface area contributed by atoms with E-state index < -0.39 is 15.8 Å². The third kappa shape index (κ3) is 2.63. The Labute approximate surface area is 138 Å². The molecule has 0 fully saturated rings. The first-order valence-electron chi connectivity index (χ1n) is 6.81. The van der Waals surface area contributed by atoms with Gasteiger partial charge in [0.1, 0.15) is 5.82 Å². The molecule has 0 saturated carbocycles. The normalized spacial score (nSPS) is 12.2. The first kappa shape index (κ1) is 16.0. The van der Waals surface area contributed by atoms with E-state index in [9.17, 15) is 12.8 Å². The van der Waals surface area contributed by atoms with Crippen molar-refractivity contribution in [3.05, 3.63) is 53.3 Å². The van der Waals surface area contributed by atoms with Crippen molar-refractivity contribution < 1.29 is 12.8 Å². The molecule has 0 aliphatic rings. The Morgan fingerprint density at radius 3 is 2.48 bits per heavy atom. The smallest absolute Gasteiger partial charge is 0.242 e. The Balaban J connectivity index is 2.25. The number of benzene rings is 2. The molecular formula is C16H14ClFN2O2S. The molecule has 0 radical (unpaired) electrons. The van der Waals surface area contributed by atoms with Crippen LogP contribution in [0.2, 0.25) is 5.02 Å². The van der Waals surface area contributed by atoms with Crippen molar-refractivity contribution in [1.29, 1.82) is 0 Å². The van der Waals surface area contributed by atoms with Crippen molar-refractivity contribution in [3.8, 4) is 11.3 Å². The second-order valence-corrected chi connectivity index (χ2v) is 7.82. The molecule has 0 spiro atoms. The number of rotatable bonds is 3. The van der Waals surface area contributed by atoms with Gasteiger partial charge in [0.15, 0.2) is 0 Å². The minimum atomic E-state index is -3.66. The summed E-state index contributed by atoms with van der Waals surface area (Å²) in [6.45, 7) is 0. The number of para-hydroxylation sites is 1. The average Bonchev–Trinajstić information content (AvgIpc) is 2.85. The monoisotopic (exact) mass is 352 g/mol. The molecule has 1 N–H and O–H groups in total. The summed E-state index contributed by atoms with van der Waals surface area (Å²) >= 11 is 6.34. The third-order valence-corrected chi connectivity index (χ3v) is 5.83. The van der Waals surface area contributed by atoms with Crippen molar-refractivity contribution in [2.75, 3.05) is 14.1 Å². The summed E-state index contributed by atoms with van der Waals surface area (Å²) in [5.41, 5.74) is 1.24. The number of fused-ring (bicyclic) bond motifs is 1. The standard InChI is InChI=1S/C16H14ClFN2O2S/c1-20(2)23(21,22)10-7-8-13(18)12(9-10)16-15(17)11-5-3-4-6-14(11)19-16/h3-9,19H,1-2H3. The van der Waals surface area contributed by atoms with E-state index in [1.165, 1.54) is 26.2 Å². The summed E-state index contributed by atoms with van der Waals surface area (Å²) in [5, 5.41) is 1.11. The molecule has 0 unspecified atom stereocenters. The molecule has 120 valence electrons. The van der Waals surface area contributed by atoms with Gasteiger partial charge in [0.2, 0.25) is 10.0 Å². The fourth-order valence-electron chi connectivity index (χ4n) is 2.36. The van der Waals surface area contributed by atoms with E-state index in [-0.39, 0.29) is 10.5 Å². The zero-order valence-corrected chi connectivity index (χ0v) is 14.0. The topological polar surface area (TPSA) is 53.2 Å². The van der Waals surface area contributed by atoms with Crippen LogP contribution in [0.25, 0.3) is 22.2 Å².